The Balaban J connectivity index is 2.14. The van der Waals surface area contributed by atoms with E-state index in [1.54, 1.807) is 0 Å². The highest BCUT2D eigenvalue weighted by Gasteiger charge is 2.48. The second kappa shape index (κ2) is 10.7. The number of nitrogens with one attached hydrogen (secondary N) is 1. The lowest BCUT2D eigenvalue weighted by molar-refractivity contribution is -0.257. The zero-order chi connectivity index (χ0) is 22.6. The SMILES string of the molecule is COC1CC(N)C(OC2OC([C@H](C)N)CCC2N)C(O)C1N(C)C(=O)CNC(N)=O. The molecule has 0 bridgehead atoms. The predicted octanol–water partition coefficient (Wildman–Crippen LogP) is -2.85. The first-order chi connectivity index (χ1) is 14.1. The molecule has 1 saturated carbocycles. The van der Waals surface area contributed by atoms with Crippen molar-refractivity contribution in [3.8, 4) is 0 Å². The highest BCUT2D eigenvalue weighted by molar-refractivity contribution is 5.83. The number of rotatable bonds is 7. The molecule has 0 aromatic carbocycles. The number of carbonyl (C=O) groups is 2. The highest BCUT2D eigenvalue weighted by atomic mass is 16.7. The molecule has 3 amide bonds. The Morgan fingerprint density at radius 2 is 1.97 bits per heavy atom. The first kappa shape index (κ1) is 24.7. The number of primary amides is 1. The maximum atomic E-state index is 12.5. The molecule has 0 radical (unpaired) electrons. The molecular weight excluding hydrogens is 396 g/mol. The number of ether oxygens (including phenoxy) is 3. The molecule has 0 aromatic rings. The summed E-state index contributed by atoms with van der Waals surface area (Å²) in [6.07, 6.45) is -1.82. The lowest BCUT2D eigenvalue weighted by Gasteiger charge is -2.48. The van der Waals surface area contributed by atoms with Crippen molar-refractivity contribution < 1.29 is 28.9 Å². The summed E-state index contributed by atoms with van der Waals surface area (Å²) < 4.78 is 17.4. The zero-order valence-corrected chi connectivity index (χ0v) is 17.8. The van der Waals surface area contributed by atoms with Crippen LogP contribution in [0.3, 0.4) is 0 Å². The molecule has 8 unspecified atom stereocenters. The van der Waals surface area contributed by atoms with Crippen molar-refractivity contribution in [2.24, 2.45) is 22.9 Å². The van der Waals surface area contributed by atoms with Gasteiger partial charge in [0, 0.05) is 26.2 Å². The van der Waals surface area contributed by atoms with Crippen molar-refractivity contribution in [3.63, 3.8) is 0 Å². The van der Waals surface area contributed by atoms with Gasteiger partial charge in [0.1, 0.15) is 12.2 Å². The van der Waals surface area contributed by atoms with Crippen LogP contribution in [-0.2, 0) is 19.0 Å². The largest absolute Gasteiger partial charge is 0.388 e. The van der Waals surface area contributed by atoms with Gasteiger partial charge < -0.3 is 52.5 Å². The van der Waals surface area contributed by atoms with Crippen LogP contribution >= 0.6 is 0 Å². The molecule has 2 rings (SSSR count). The monoisotopic (exact) mass is 432 g/mol. The Labute approximate surface area is 176 Å². The molecule has 2 aliphatic rings. The maximum absolute atomic E-state index is 12.5. The number of hydrogen-bond acceptors (Lipinski definition) is 9. The summed E-state index contributed by atoms with van der Waals surface area (Å²) in [4.78, 5) is 24.7. The second-order valence-electron chi connectivity index (χ2n) is 8.12. The molecule has 12 nitrogen and oxygen atoms in total. The number of likely N-dealkylation sites (N-methyl/N-ethyl adjacent to an activating group) is 1. The normalized spacial score (nSPS) is 38.0. The van der Waals surface area contributed by atoms with Crippen molar-refractivity contribution >= 4 is 11.9 Å². The van der Waals surface area contributed by atoms with E-state index < -0.39 is 54.7 Å². The number of hydrogen-bond donors (Lipinski definition) is 6. The lowest BCUT2D eigenvalue weighted by atomic mass is 9.83. The van der Waals surface area contributed by atoms with E-state index in [4.69, 9.17) is 37.1 Å². The maximum Gasteiger partial charge on any atom is 0.312 e. The first-order valence-corrected chi connectivity index (χ1v) is 10.1. The average molecular weight is 433 g/mol. The van der Waals surface area contributed by atoms with E-state index in [0.29, 0.717) is 12.8 Å². The fourth-order valence-corrected chi connectivity index (χ4v) is 4.07. The summed E-state index contributed by atoms with van der Waals surface area (Å²) in [5.41, 5.74) is 23.4. The fraction of sp³-hybridized carbons (Fsp3) is 0.889. The van der Waals surface area contributed by atoms with E-state index in [2.05, 4.69) is 5.32 Å². The van der Waals surface area contributed by atoms with E-state index in [1.165, 1.54) is 19.1 Å². The van der Waals surface area contributed by atoms with Crippen molar-refractivity contribution in [1.82, 2.24) is 10.2 Å². The Kier molecular flexibility index (Phi) is 8.79. The molecule has 174 valence electrons. The highest BCUT2D eigenvalue weighted by Crippen LogP contribution is 2.30. The quantitative estimate of drug-likeness (QED) is 0.245. The molecule has 12 heteroatoms. The second-order valence-corrected chi connectivity index (χ2v) is 8.12. The number of carbonyl (C=O) groups excluding carboxylic acids is 2. The molecule has 1 aliphatic heterocycles. The first-order valence-electron chi connectivity index (χ1n) is 10.1. The van der Waals surface area contributed by atoms with Crippen LogP contribution in [0, 0.1) is 0 Å². The summed E-state index contributed by atoms with van der Waals surface area (Å²) in [5.74, 6) is -0.447. The van der Waals surface area contributed by atoms with E-state index in [1.807, 2.05) is 6.92 Å². The smallest absolute Gasteiger partial charge is 0.312 e. The fourth-order valence-electron chi connectivity index (χ4n) is 4.07. The number of nitrogens with zero attached hydrogens (tertiary/aromatic N) is 1. The van der Waals surface area contributed by atoms with Gasteiger partial charge in [-0.3, -0.25) is 4.79 Å². The van der Waals surface area contributed by atoms with Crippen LogP contribution in [-0.4, -0.2) is 97.5 Å². The molecule has 10 N–H and O–H groups in total. The van der Waals surface area contributed by atoms with Crippen LogP contribution in [0.5, 0.6) is 0 Å². The number of methoxy groups -OCH3 is 1. The standard InChI is InChI=1S/C18H36N6O6/c1-8(19)11-5-4-9(20)17(29-11)30-16-10(21)6-12(28-3)14(15(16)26)24(2)13(25)7-23-18(22)27/h8-12,14-17,26H,4-7,19-21H2,1-3H3,(H3,22,23,27)/t8-,9?,10?,11?,12?,14?,15?,16?,17?/m0/s1. The van der Waals surface area contributed by atoms with Gasteiger partial charge >= 0.3 is 6.03 Å². The van der Waals surface area contributed by atoms with Crippen LogP contribution in [0.1, 0.15) is 26.2 Å². The molecular formula is C18H36N6O6. The van der Waals surface area contributed by atoms with Crippen LogP contribution < -0.4 is 28.3 Å². The number of amides is 3. The van der Waals surface area contributed by atoms with E-state index >= 15 is 0 Å². The summed E-state index contributed by atoms with van der Waals surface area (Å²) in [6.45, 7) is 1.54. The number of aliphatic hydroxyl groups is 1. The minimum atomic E-state index is -1.17. The minimum absolute atomic E-state index is 0.194. The average Bonchev–Trinajstić information content (AvgIpc) is 2.69. The van der Waals surface area contributed by atoms with E-state index in [9.17, 15) is 14.7 Å². The molecule has 1 saturated heterocycles. The van der Waals surface area contributed by atoms with Gasteiger partial charge in [-0.2, -0.15) is 0 Å². The summed E-state index contributed by atoms with van der Waals surface area (Å²) in [5, 5.41) is 13.3. The molecule has 0 aromatic heterocycles. The van der Waals surface area contributed by atoms with E-state index in [0.717, 1.165) is 6.42 Å². The summed E-state index contributed by atoms with van der Waals surface area (Å²) in [6, 6.07) is -2.73. The van der Waals surface area contributed by atoms with Crippen molar-refractivity contribution in [2.45, 2.75) is 81.1 Å². The minimum Gasteiger partial charge on any atom is -0.388 e. The van der Waals surface area contributed by atoms with Crippen molar-refractivity contribution in [2.75, 3.05) is 20.7 Å². The van der Waals surface area contributed by atoms with Crippen LogP contribution in [0.4, 0.5) is 4.79 Å². The van der Waals surface area contributed by atoms with Crippen molar-refractivity contribution in [1.29, 1.82) is 0 Å². The Hall–Kier alpha value is -1.54. The van der Waals surface area contributed by atoms with Crippen LogP contribution in [0.15, 0.2) is 0 Å². The Morgan fingerprint density at radius 1 is 1.30 bits per heavy atom. The van der Waals surface area contributed by atoms with E-state index in [-0.39, 0.29) is 18.7 Å². The van der Waals surface area contributed by atoms with Gasteiger partial charge in [-0.1, -0.05) is 0 Å². The number of nitrogens with two attached hydrogens (primary N) is 4. The van der Waals surface area contributed by atoms with Gasteiger partial charge in [0.25, 0.3) is 0 Å². The Morgan fingerprint density at radius 3 is 2.53 bits per heavy atom. The van der Waals surface area contributed by atoms with Gasteiger partial charge in [-0.15, -0.1) is 0 Å². The molecule has 2 fully saturated rings. The number of urea groups is 1. The predicted molar refractivity (Wildman–Crippen MR) is 108 cm³/mol. The molecule has 1 heterocycles. The van der Waals surface area contributed by atoms with Crippen LogP contribution in [0.2, 0.25) is 0 Å². The van der Waals surface area contributed by atoms with Crippen molar-refractivity contribution in [3.05, 3.63) is 0 Å². The lowest BCUT2D eigenvalue weighted by Crippen LogP contribution is -2.67. The molecule has 1 aliphatic carbocycles. The number of aliphatic hydroxyl groups excluding tert-OH is 1. The molecule has 30 heavy (non-hydrogen) atoms. The van der Waals surface area contributed by atoms with Gasteiger partial charge in [0.15, 0.2) is 6.29 Å². The third-order valence-electron chi connectivity index (χ3n) is 5.87. The molecule has 9 atom stereocenters. The van der Waals surface area contributed by atoms with Gasteiger partial charge in [0.2, 0.25) is 5.91 Å². The zero-order valence-electron chi connectivity index (χ0n) is 17.8. The van der Waals surface area contributed by atoms with Crippen LogP contribution in [0.25, 0.3) is 0 Å². The Bertz CT molecular complexity index is 596. The summed E-state index contributed by atoms with van der Waals surface area (Å²) in [7, 11) is 2.99. The summed E-state index contributed by atoms with van der Waals surface area (Å²) >= 11 is 0. The topological polar surface area (TPSA) is 201 Å². The van der Waals surface area contributed by atoms with Gasteiger partial charge in [-0.05, 0) is 26.2 Å². The third-order valence-corrected chi connectivity index (χ3v) is 5.87. The van der Waals surface area contributed by atoms with Gasteiger partial charge in [-0.25, -0.2) is 4.79 Å². The third kappa shape index (κ3) is 5.78. The molecule has 0 spiro atoms. The van der Waals surface area contributed by atoms with Gasteiger partial charge in [0.05, 0.1) is 30.8 Å².